The quantitative estimate of drug-likeness (QED) is 0.839. The smallest absolute Gasteiger partial charge is 0.305 e. The summed E-state index contributed by atoms with van der Waals surface area (Å²) >= 11 is 11.6. The number of hydrogen-bond acceptors (Lipinski definition) is 3. The first-order valence-electron chi connectivity index (χ1n) is 5.24. The van der Waals surface area contributed by atoms with Crippen molar-refractivity contribution in [2.24, 2.45) is 0 Å². The average molecular weight is 277 g/mol. The van der Waals surface area contributed by atoms with Crippen LogP contribution in [0.1, 0.15) is 30.9 Å². The molecule has 5 heteroatoms. The van der Waals surface area contributed by atoms with E-state index in [2.05, 4.69) is 4.74 Å². The summed E-state index contributed by atoms with van der Waals surface area (Å²) in [5.41, 5.74) is 0.698. The predicted octanol–water partition coefficient (Wildman–Crippen LogP) is 3.37. The van der Waals surface area contributed by atoms with Gasteiger partial charge in [-0.3, -0.25) is 4.79 Å². The summed E-state index contributed by atoms with van der Waals surface area (Å²) in [6.07, 6.45) is 0.699. The number of aliphatic hydroxyl groups is 1. The Labute approximate surface area is 110 Å². The molecule has 3 nitrogen and oxygen atoms in total. The van der Waals surface area contributed by atoms with Gasteiger partial charge in [-0.15, -0.1) is 0 Å². The van der Waals surface area contributed by atoms with E-state index >= 15 is 0 Å². The molecular weight excluding hydrogens is 263 g/mol. The Morgan fingerprint density at radius 1 is 1.41 bits per heavy atom. The van der Waals surface area contributed by atoms with E-state index in [-0.39, 0.29) is 5.97 Å². The number of rotatable bonds is 5. The zero-order valence-electron chi connectivity index (χ0n) is 9.45. The van der Waals surface area contributed by atoms with Crippen molar-refractivity contribution in [2.45, 2.75) is 25.4 Å². The Bertz CT molecular complexity index is 393. The van der Waals surface area contributed by atoms with Crippen LogP contribution >= 0.6 is 23.2 Å². The van der Waals surface area contributed by atoms with E-state index in [1.807, 2.05) is 0 Å². The minimum atomic E-state index is -0.644. The van der Waals surface area contributed by atoms with E-state index in [1.54, 1.807) is 18.2 Å². The van der Waals surface area contributed by atoms with Crippen molar-refractivity contribution in [3.63, 3.8) is 0 Å². The van der Waals surface area contributed by atoms with Crippen molar-refractivity contribution < 1.29 is 14.6 Å². The fourth-order valence-electron chi connectivity index (χ4n) is 1.43. The lowest BCUT2D eigenvalue weighted by Gasteiger charge is -2.11. The fourth-order valence-corrected chi connectivity index (χ4v) is 1.73. The Morgan fingerprint density at radius 2 is 2.12 bits per heavy atom. The van der Waals surface area contributed by atoms with Crippen molar-refractivity contribution in [1.82, 2.24) is 0 Å². The fraction of sp³-hybridized carbons (Fsp3) is 0.417. The normalized spacial score (nSPS) is 12.2. The molecule has 1 atom stereocenters. The molecule has 0 saturated carbocycles. The zero-order chi connectivity index (χ0) is 12.8. The third kappa shape index (κ3) is 4.54. The molecule has 0 radical (unpaired) electrons. The van der Waals surface area contributed by atoms with E-state index in [4.69, 9.17) is 23.2 Å². The number of methoxy groups -OCH3 is 1. The number of carbonyl (C=O) groups excluding carboxylic acids is 1. The number of esters is 1. The highest BCUT2D eigenvalue weighted by atomic mass is 35.5. The standard InChI is InChI=1S/C12H14Cl2O3/c1-17-12(16)4-2-3-11(15)8-5-6-9(13)10(14)7-8/h5-7,11,15H,2-4H2,1H3. The first kappa shape index (κ1) is 14.3. The Balaban J connectivity index is 2.49. The van der Waals surface area contributed by atoms with E-state index in [0.717, 1.165) is 0 Å². The molecule has 0 aliphatic heterocycles. The molecule has 0 spiro atoms. The van der Waals surface area contributed by atoms with Gasteiger partial charge in [-0.1, -0.05) is 29.3 Å². The molecule has 1 unspecified atom stereocenters. The topological polar surface area (TPSA) is 46.5 Å². The molecule has 0 aromatic heterocycles. The molecule has 0 aliphatic carbocycles. The highest BCUT2D eigenvalue weighted by Crippen LogP contribution is 2.27. The van der Waals surface area contributed by atoms with E-state index in [9.17, 15) is 9.90 Å². The van der Waals surface area contributed by atoms with Crippen molar-refractivity contribution in [2.75, 3.05) is 7.11 Å². The molecule has 1 aromatic carbocycles. The summed E-state index contributed by atoms with van der Waals surface area (Å²) in [4.78, 5) is 10.9. The lowest BCUT2D eigenvalue weighted by atomic mass is 10.0. The van der Waals surface area contributed by atoms with Gasteiger partial charge in [-0.2, -0.15) is 0 Å². The summed E-state index contributed by atoms with van der Waals surface area (Å²) in [5, 5.41) is 10.7. The second-order valence-electron chi connectivity index (χ2n) is 3.66. The largest absolute Gasteiger partial charge is 0.469 e. The third-order valence-electron chi connectivity index (χ3n) is 2.41. The molecule has 1 N–H and O–H groups in total. The monoisotopic (exact) mass is 276 g/mol. The molecule has 0 aliphatic rings. The Morgan fingerprint density at radius 3 is 2.71 bits per heavy atom. The second-order valence-corrected chi connectivity index (χ2v) is 4.47. The minimum Gasteiger partial charge on any atom is -0.469 e. The third-order valence-corrected chi connectivity index (χ3v) is 3.15. The zero-order valence-corrected chi connectivity index (χ0v) is 11.0. The first-order valence-corrected chi connectivity index (χ1v) is 6.00. The SMILES string of the molecule is COC(=O)CCCC(O)c1ccc(Cl)c(Cl)c1. The average Bonchev–Trinajstić information content (AvgIpc) is 2.32. The summed E-state index contributed by atoms with van der Waals surface area (Å²) in [6.45, 7) is 0. The Hall–Kier alpha value is -0.770. The van der Waals surface area contributed by atoms with Gasteiger partial charge in [-0.05, 0) is 30.5 Å². The highest BCUT2D eigenvalue weighted by Gasteiger charge is 2.10. The van der Waals surface area contributed by atoms with Crippen LogP contribution in [0.2, 0.25) is 10.0 Å². The number of aliphatic hydroxyl groups excluding tert-OH is 1. The molecule has 0 saturated heterocycles. The predicted molar refractivity (Wildman–Crippen MR) is 67.3 cm³/mol. The maximum Gasteiger partial charge on any atom is 0.305 e. The van der Waals surface area contributed by atoms with Crippen molar-refractivity contribution in [3.8, 4) is 0 Å². The van der Waals surface area contributed by atoms with Gasteiger partial charge in [0.05, 0.1) is 23.3 Å². The Kier molecular flexibility index (Phi) is 5.75. The van der Waals surface area contributed by atoms with Crippen LogP contribution in [0, 0.1) is 0 Å². The van der Waals surface area contributed by atoms with Gasteiger partial charge in [-0.25, -0.2) is 0 Å². The molecule has 1 aromatic rings. The summed E-state index contributed by atoms with van der Waals surface area (Å²) in [7, 11) is 1.34. The number of ether oxygens (including phenoxy) is 1. The lowest BCUT2D eigenvalue weighted by Crippen LogP contribution is -2.02. The molecule has 1 rings (SSSR count). The molecular formula is C12H14Cl2O3. The van der Waals surface area contributed by atoms with Gasteiger partial charge >= 0.3 is 5.97 Å². The van der Waals surface area contributed by atoms with Crippen molar-refractivity contribution in [3.05, 3.63) is 33.8 Å². The van der Waals surface area contributed by atoms with Gasteiger partial charge in [0.2, 0.25) is 0 Å². The van der Waals surface area contributed by atoms with Gasteiger partial charge in [0, 0.05) is 6.42 Å². The lowest BCUT2D eigenvalue weighted by molar-refractivity contribution is -0.140. The summed E-state index contributed by atoms with van der Waals surface area (Å²) in [5.74, 6) is -0.272. The highest BCUT2D eigenvalue weighted by molar-refractivity contribution is 6.42. The van der Waals surface area contributed by atoms with Gasteiger partial charge in [0.15, 0.2) is 0 Å². The van der Waals surface area contributed by atoms with Gasteiger partial charge < -0.3 is 9.84 Å². The van der Waals surface area contributed by atoms with Crippen LogP contribution in [0.3, 0.4) is 0 Å². The van der Waals surface area contributed by atoms with E-state index < -0.39 is 6.10 Å². The van der Waals surface area contributed by atoms with Crippen LogP contribution in [0.25, 0.3) is 0 Å². The number of carbonyl (C=O) groups is 1. The van der Waals surface area contributed by atoms with E-state index in [1.165, 1.54) is 7.11 Å². The van der Waals surface area contributed by atoms with E-state index in [0.29, 0.717) is 34.9 Å². The van der Waals surface area contributed by atoms with Crippen LogP contribution in [0.5, 0.6) is 0 Å². The molecule has 0 amide bonds. The molecule has 0 fully saturated rings. The van der Waals surface area contributed by atoms with Crippen molar-refractivity contribution in [1.29, 1.82) is 0 Å². The first-order chi connectivity index (χ1) is 8.04. The van der Waals surface area contributed by atoms with Crippen LogP contribution in [-0.2, 0) is 9.53 Å². The van der Waals surface area contributed by atoms with Gasteiger partial charge in [0.25, 0.3) is 0 Å². The number of hydrogen-bond donors (Lipinski definition) is 1. The molecule has 0 bridgehead atoms. The number of halogens is 2. The maximum atomic E-state index is 10.9. The van der Waals surface area contributed by atoms with Crippen LogP contribution in [0.4, 0.5) is 0 Å². The number of benzene rings is 1. The second kappa shape index (κ2) is 6.84. The van der Waals surface area contributed by atoms with Crippen LogP contribution in [0.15, 0.2) is 18.2 Å². The van der Waals surface area contributed by atoms with Crippen LogP contribution < -0.4 is 0 Å². The minimum absolute atomic E-state index is 0.272. The van der Waals surface area contributed by atoms with Gasteiger partial charge in [0.1, 0.15) is 0 Å². The van der Waals surface area contributed by atoms with Crippen molar-refractivity contribution >= 4 is 29.2 Å². The van der Waals surface area contributed by atoms with Crippen LogP contribution in [-0.4, -0.2) is 18.2 Å². The summed E-state index contributed by atoms with van der Waals surface area (Å²) < 4.78 is 4.51. The molecule has 17 heavy (non-hydrogen) atoms. The molecule has 0 heterocycles. The maximum absolute atomic E-state index is 10.9. The summed E-state index contributed by atoms with van der Waals surface area (Å²) in [6, 6.07) is 4.99. The molecule has 94 valence electrons.